The number of carbonyl (C=O) groups is 1. The summed E-state index contributed by atoms with van der Waals surface area (Å²) in [6.45, 7) is 9.19. The number of amides is 1. The van der Waals surface area contributed by atoms with E-state index in [1.54, 1.807) is 7.11 Å². The quantitative estimate of drug-likeness (QED) is 0.750. The Labute approximate surface area is 162 Å². The van der Waals surface area contributed by atoms with E-state index in [2.05, 4.69) is 45.0 Å². The number of nitrogens with zero attached hydrogens (tertiary/aromatic N) is 2. The van der Waals surface area contributed by atoms with Gasteiger partial charge < -0.3 is 9.64 Å². The lowest BCUT2D eigenvalue weighted by atomic mass is 9.91. The summed E-state index contributed by atoms with van der Waals surface area (Å²) < 4.78 is 5.26. The van der Waals surface area contributed by atoms with E-state index in [4.69, 9.17) is 9.72 Å². The van der Waals surface area contributed by atoms with Crippen LogP contribution in [-0.2, 0) is 4.79 Å². The van der Waals surface area contributed by atoms with Crippen molar-refractivity contribution < 1.29 is 9.53 Å². The van der Waals surface area contributed by atoms with Crippen molar-refractivity contribution in [2.75, 3.05) is 13.7 Å². The maximum Gasteiger partial charge on any atom is 0.223 e. The van der Waals surface area contributed by atoms with Crippen LogP contribution in [0, 0.1) is 12.3 Å². The molecule has 3 rings (SSSR count). The fourth-order valence-electron chi connectivity index (χ4n) is 3.74. The van der Waals surface area contributed by atoms with Crippen molar-refractivity contribution >= 4 is 5.91 Å². The highest BCUT2D eigenvalue weighted by atomic mass is 16.5. The van der Waals surface area contributed by atoms with E-state index in [9.17, 15) is 4.79 Å². The van der Waals surface area contributed by atoms with Crippen LogP contribution in [0.25, 0.3) is 11.1 Å². The molecule has 2 heterocycles. The number of ether oxygens (including phenoxy) is 1. The zero-order valence-electron chi connectivity index (χ0n) is 17.1. The minimum Gasteiger partial charge on any atom is -0.497 e. The fourth-order valence-corrected chi connectivity index (χ4v) is 3.74. The van der Waals surface area contributed by atoms with E-state index < -0.39 is 0 Å². The van der Waals surface area contributed by atoms with Crippen molar-refractivity contribution in [2.24, 2.45) is 5.41 Å². The molecule has 1 fully saturated rings. The van der Waals surface area contributed by atoms with E-state index in [-0.39, 0.29) is 17.4 Å². The molecule has 27 heavy (non-hydrogen) atoms. The molecule has 1 atom stereocenters. The van der Waals surface area contributed by atoms with Gasteiger partial charge in [0.25, 0.3) is 0 Å². The molecule has 1 aliphatic rings. The van der Waals surface area contributed by atoms with Gasteiger partial charge in [-0.3, -0.25) is 9.78 Å². The molecule has 1 unspecified atom stereocenters. The Hall–Kier alpha value is -2.36. The van der Waals surface area contributed by atoms with Crippen molar-refractivity contribution in [2.45, 2.75) is 53.0 Å². The van der Waals surface area contributed by atoms with Gasteiger partial charge in [0.1, 0.15) is 5.75 Å². The summed E-state index contributed by atoms with van der Waals surface area (Å²) in [6.07, 6.45) is 2.59. The summed E-state index contributed by atoms with van der Waals surface area (Å²) >= 11 is 0. The van der Waals surface area contributed by atoms with E-state index in [1.165, 1.54) is 0 Å². The summed E-state index contributed by atoms with van der Waals surface area (Å²) in [5.41, 5.74) is 4.25. The van der Waals surface area contributed by atoms with Crippen LogP contribution < -0.4 is 4.74 Å². The highest BCUT2D eigenvalue weighted by Crippen LogP contribution is 2.35. The Morgan fingerprint density at radius 3 is 2.52 bits per heavy atom. The number of methoxy groups -OCH3 is 1. The molecule has 0 bridgehead atoms. The zero-order chi connectivity index (χ0) is 19.6. The number of rotatable bonds is 4. The molecule has 4 nitrogen and oxygen atoms in total. The van der Waals surface area contributed by atoms with Crippen LogP contribution in [0.1, 0.15) is 57.5 Å². The van der Waals surface area contributed by atoms with E-state index in [0.29, 0.717) is 6.42 Å². The molecule has 0 N–H and O–H groups in total. The molecule has 0 spiro atoms. The number of hydrogen-bond acceptors (Lipinski definition) is 3. The maximum absolute atomic E-state index is 12.8. The van der Waals surface area contributed by atoms with Crippen LogP contribution in [-0.4, -0.2) is 29.4 Å². The Morgan fingerprint density at radius 1 is 1.19 bits per heavy atom. The summed E-state index contributed by atoms with van der Waals surface area (Å²) in [5, 5.41) is 0. The van der Waals surface area contributed by atoms with Gasteiger partial charge in [0.2, 0.25) is 5.91 Å². The third-order valence-corrected chi connectivity index (χ3v) is 4.99. The zero-order valence-corrected chi connectivity index (χ0v) is 17.1. The molecular formula is C23H30N2O2. The van der Waals surface area contributed by atoms with Crippen molar-refractivity contribution in [1.29, 1.82) is 0 Å². The minimum atomic E-state index is -0.00148. The van der Waals surface area contributed by atoms with E-state index in [1.807, 2.05) is 24.0 Å². The smallest absolute Gasteiger partial charge is 0.223 e. The van der Waals surface area contributed by atoms with Gasteiger partial charge in [-0.05, 0) is 60.6 Å². The summed E-state index contributed by atoms with van der Waals surface area (Å²) in [6, 6.07) is 12.4. The molecule has 0 aliphatic carbocycles. The summed E-state index contributed by atoms with van der Waals surface area (Å²) in [5.74, 6) is 1.08. The number of aromatic nitrogens is 1. The first-order chi connectivity index (χ1) is 12.8. The third-order valence-electron chi connectivity index (χ3n) is 4.99. The lowest BCUT2D eigenvalue weighted by Crippen LogP contribution is -2.33. The molecule has 4 heteroatoms. The van der Waals surface area contributed by atoms with Crippen LogP contribution in [0.4, 0.5) is 0 Å². The van der Waals surface area contributed by atoms with Crippen molar-refractivity contribution in [3.05, 3.63) is 47.8 Å². The molecule has 0 radical (unpaired) electrons. The first kappa shape index (κ1) is 19.4. The molecule has 1 aromatic heterocycles. The normalized spacial score (nSPS) is 17.2. The maximum atomic E-state index is 12.8. The lowest BCUT2D eigenvalue weighted by Gasteiger charge is -2.28. The van der Waals surface area contributed by atoms with E-state index in [0.717, 1.165) is 47.7 Å². The van der Waals surface area contributed by atoms with Crippen LogP contribution >= 0.6 is 0 Å². The van der Waals surface area contributed by atoms with Crippen LogP contribution in [0.15, 0.2) is 36.4 Å². The lowest BCUT2D eigenvalue weighted by molar-refractivity contribution is -0.134. The molecular weight excluding hydrogens is 336 g/mol. The second-order valence-electron chi connectivity index (χ2n) is 8.63. The van der Waals surface area contributed by atoms with Crippen molar-refractivity contribution in [3.63, 3.8) is 0 Å². The Balaban J connectivity index is 1.89. The van der Waals surface area contributed by atoms with Gasteiger partial charge in [0.15, 0.2) is 0 Å². The number of benzene rings is 1. The number of carbonyl (C=O) groups excluding carboxylic acids is 1. The molecule has 1 amide bonds. The van der Waals surface area contributed by atoms with E-state index >= 15 is 0 Å². The number of aryl methyl sites for hydroxylation is 1. The van der Waals surface area contributed by atoms with Gasteiger partial charge in [-0.25, -0.2) is 0 Å². The van der Waals surface area contributed by atoms with Gasteiger partial charge in [0, 0.05) is 18.7 Å². The van der Waals surface area contributed by atoms with Gasteiger partial charge in [0.05, 0.1) is 18.8 Å². The monoisotopic (exact) mass is 366 g/mol. The number of pyridine rings is 1. The topological polar surface area (TPSA) is 42.4 Å². The number of hydrogen-bond donors (Lipinski definition) is 0. The van der Waals surface area contributed by atoms with Gasteiger partial charge in [-0.15, -0.1) is 0 Å². The average molecular weight is 367 g/mol. The largest absolute Gasteiger partial charge is 0.497 e. The highest BCUT2D eigenvalue weighted by Gasteiger charge is 2.32. The average Bonchev–Trinajstić information content (AvgIpc) is 3.10. The molecule has 1 aromatic carbocycles. The van der Waals surface area contributed by atoms with Crippen molar-refractivity contribution in [3.8, 4) is 16.9 Å². The highest BCUT2D eigenvalue weighted by molar-refractivity contribution is 5.77. The molecule has 1 aliphatic heterocycles. The Kier molecular flexibility index (Phi) is 5.54. The molecule has 144 valence electrons. The molecule has 0 saturated carbocycles. The van der Waals surface area contributed by atoms with Gasteiger partial charge in [-0.1, -0.05) is 32.9 Å². The molecule has 1 saturated heterocycles. The van der Waals surface area contributed by atoms with Crippen LogP contribution in [0.5, 0.6) is 5.75 Å². The van der Waals surface area contributed by atoms with Gasteiger partial charge >= 0.3 is 0 Å². The predicted octanol–water partition coefficient (Wildman–Crippen LogP) is 5.17. The standard InChI is InChI=1S/C23H30N2O2/c1-16-13-18(17-8-10-19(27-5)11-9-17)14-20(24-16)21-7-6-12-25(21)22(26)15-23(2,3)4/h8-11,13-14,21H,6-7,12,15H2,1-5H3. The number of likely N-dealkylation sites (tertiary alicyclic amines) is 1. The SMILES string of the molecule is COc1ccc(-c2cc(C)nc(C3CCCN3C(=O)CC(C)(C)C)c2)cc1. The van der Waals surface area contributed by atoms with Crippen LogP contribution in [0.3, 0.4) is 0 Å². The molecule has 2 aromatic rings. The van der Waals surface area contributed by atoms with Crippen molar-refractivity contribution in [1.82, 2.24) is 9.88 Å². The first-order valence-corrected chi connectivity index (χ1v) is 9.69. The predicted molar refractivity (Wildman–Crippen MR) is 109 cm³/mol. The fraction of sp³-hybridized carbons (Fsp3) is 0.478. The summed E-state index contributed by atoms with van der Waals surface area (Å²) in [4.78, 5) is 19.7. The van der Waals surface area contributed by atoms with Crippen LogP contribution in [0.2, 0.25) is 0 Å². The summed E-state index contributed by atoms with van der Waals surface area (Å²) in [7, 11) is 1.67. The minimum absolute atomic E-state index is 0.00148. The third kappa shape index (κ3) is 4.68. The second kappa shape index (κ2) is 7.71. The first-order valence-electron chi connectivity index (χ1n) is 9.69. The Bertz CT molecular complexity index is 806. The second-order valence-corrected chi connectivity index (χ2v) is 8.63. The van der Waals surface area contributed by atoms with Gasteiger partial charge in [-0.2, -0.15) is 0 Å². The Morgan fingerprint density at radius 2 is 1.89 bits per heavy atom.